The molecule has 0 aliphatic rings. The molecule has 0 atom stereocenters. The minimum atomic E-state index is -3.85. The molecular formula is C20H44O4S2. The van der Waals surface area contributed by atoms with Gasteiger partial charge in [0.1, 0.15) is 0 Å². The summed E-state index contributed by atoms with van der Waals surface area (Å²) < 4.78 is 33.7. The van der Waals surface area contributed by atoms with Gasteiger partial charge >= 0.3 is 10.4 Å². The Morgan fingerprint density at radius 2 is 0.962 bits per heavy atom. The first-order valence-corrected chi connectivity index (χ1v) is 14.3. The summed E-state index contributed by atoms with van der Waals surface area (Å²) in [7, 11) is -4.29. The maximum absolute atomic E-state index is 11.8. The van der Waals surface area contributed by atoms with Crippen LogP contribution in [0.2, 0.25) is 0 Å². The van der Waals surface area contributed by atoms with Crippen molar-refractivity contribution in [2.24, 2.45) is 0 Å². The number of unbranched alkanes of at least 4 members (excludes halogenated alkanes) is 12. The van der Waals surface area contributed by atoms with Gasteiger partial charge < -0.3 is 0 Å². The lowest BCUT2D eigenvalue weighted by atomic mass is 10.1. The van der Waals surface area contributed by atoms with Crippen molar-refractivity contribution in [1.82, 2.24) is 0 Å². The van der Waals surface area contributed by atoms with Gasteiger partial charge in [0.15, 0.2) is 0 Å². The van der Waals surface area contributed by atoms with Crippen LogP contribution in [0.3, 0.4) is 0 Å². The minimum absolute atomic E-state index is 0.860. The average Bonchev–Trinajstić information content (AvgIpc) is 2.60. The second-order valence-corrected chi connectivity index (χ2v) is 12.4. The highest BCUT2D eigenvalue weighted by Gasteiger charge is 2.26. The maximum atomic E-state index is 11.8. The minimum Gasteiger partial charge on any atom is -0.251 e. The molecule has 0 radical (unpaired) electrons. The molecule has 0 aromatic heterocycles. The molecule has 0 aromatic carbocycles. The molecule has 0 heterocycles. The highest BCUT2D eigenvalue weighted by Crippen LogP contribution is 2.49. The van der Waals surface area contributed by atoms with Gasteiger partial charge in [-0.3, -0.25) is 4.18 Å². The van der Waals surface area contributed by atoms with Gasteiger partial charge in [0.25, 0.3) is 0 Å². The smallest absolute Gasteiger partial charge is 0.251 e. The van der Waals surface area contributed by atoms with Gasteiger partial charge in [0, 0.05) is 11.5 Å². The average molecular weight is 413 g/mol. The Hall–Kier alpha value is 0.220. The second kappa shape index (κ2) is 16.2. The van der Waals surface area contributed by atoms with Gasteiger partial charge in [0.05, 0.1) is 7.11 Å². The molecule has 160 valence electrons. The molecule has 6 heteroatoms. The van der Waals surface area contributed by atoms with Crippen molar-refractivity contribution in [3.63, 3.8) is 0 Å². The molecule has 0 amide bonds. The molecule has 0 saturated heterocycles. The molecule has 0 bridgehead atoms. The summed E-state index contributed by atoms with van der Waals surface area (Å²) in [6.07, 6.45) is 19.3. The Balaban J connectivity index is 4.22. The van der Waals surface area contributed by atoms with Crippen LogP contribution in [0.5, 0.6) is 0 Å². The van der Waals surface area contributed by atoms with Crippen LogP contribution in [0.4, 0.5) is 0 Å². The molecule has 4 nitrogen and oxygen atoms in total. The van der Waals surface area contributed by atoms with Crippen molar-refractivity contribution in [3.05, 3.63) is 0 Å². The van der Waals surface area contributed by atoms with Crippen LogP contribution < -0.4 is 0 Å². The zero-order chi connectivity index (χ0) is 19.7. The molecule has 0 rings (SSSR count). The maximum Gasteiger partial charge on any atom is 0.409 e. The largest absolute Gasteiger partial charge is 0.409 e. The van der Waals surface area contributed by atoms with Crippen molar-refractivity contribution in [3.8, 4) is 0 Å². The molecule has 0 N–H and O–H groups in total. The van der Waals surface area contributed by atoms with Gasteiger partial charge in [-0.1, -0.05) is 90.9 Å². The van der Waals surface area contributed by atoms with Crippen LogP contribution in [0.25, 0.3) is 0 Å². The Morgan fingerprint density at radius 3 is 1.31 bits per heavy atom. The molecule has 26 heavy (non-hydrogen) atoms. The van der Waals surface area contributed by atoms with E-state index in [9.17, 15) is 8.42 Å². The van der Waals surface area contributed by atoms with Crippen molar-refractivity contribution in [2.45, 2.75) is 104 Å². The van der Waals surface area contributed by atoms with E-state index in [1.54, 1.807) is 0 Å². The third-order valence-corrected chi connectivity index (χ3v) is 9.50. The van der Waals surface area contributed by atoms with Crippen LogP contribution in [-0.4, -0.2) is 33.3 Å². The summed E-state index contributed by atoms with van der Waals surface area (Å²) in [6, 6.07) is 0. The first-order chi connectivity index (χ1) is 12.4. The standard InChI is InChI=1S/C20H44O4S2/c1-5-7-9-11-13-15-17-19-25(4,24-26(21,22)23-3)20-18-16-14-12-10-8-6-2/h5-20H2,1-4H3. The molecule has 0 spiro atoms. The monoisotopic (exact) mass is 412 g/mol. The van der Waals surface area contributed by atoms with Crippen LogP contribution in [0.15, 0.2) is 0 Å². The van der Waals surface area contributed by atoms with Crippen molar-refractivity contribution >= 4 is 20.7 Å². The van der Waals surface area contributed by atoms with Crippen molar-refractivity contribution in [2.75, 3.05) is 24.9 Å². The molecule has 0 aromatic rings. The van der Waals surface area contributed by atoms with E-state index < -0.39 is 20.7 Å². The fourth-order valence-corrected chi connectivity index (χ4v) is 7.34. The fourth-order valence-electron chi connectivity index (χ4n) is 3.13. The third-order valence-electron chi connectivity index (χ3n) is 4.81. The Morgan fingerprint density at radius 1 is 0.615 bits per heavy atom. The summed E-state index contributed by atoms with van der Waals surface area (Å²) in [4.78, 5) is 0. The van der Waals surface area contributed by atoms with E-state index in [2.05, 4.69) is 18.0 Å². The summed E-state index contributed by atoms with van der Waals surface area (Å²) in [5.74, 6) is 1.72. The van der Waals surface area contributed by atoms with Crippen molar-refractivity contribution < 1.29 is 16.2 Å². The molecule has 0 fully saturated rings. The number of hydrogen-bond donors (Lipinski definition) is 0. The number of rotatable bonds is 19. The summed E-state index contributed by atoms with van der Waals surface area (Å²) >= 11 is 0. The summed E-state index contributed by atoms with van der Waals surface area (Å²) in [5, 5.41) is 0. The van der Waals surface area contributed by atoms with Crippen LogP contribution in [0, 0.1) is 0 Å². The summed E-state index contributed by atoms with van der Waals surface area (Å²) in [6.45, 7) is 4.46. The van der Waals surface area contributed by atoms with E-state index in [0.29, 0.717) is 0 Å². The summed E-state index contributed by atoms with van der Waals surface area (Å²) in [5.41, 5.74) is 0. The zero-order valence-electron chi connectivity index (χ0n) is 17.8. The topological polar surface area (TPSA) is 52.6 Å². The van der Waals surface area contributed by atoms with E-state index in [4.69, 9.17) is 3.63 Å². The molecule has 0 saturated carbocycles. The van der Waals surface area contributed by atoms with Crippen LogP contribution >= 0.6 is 10.3 Å². The zero-order valence-corrected chi connectivity index (χ0v) is 19.4. The van der Waals surface area contributed by atoms with Crippen LogP contribution in [0.1, 0.15) is 104 Å². The predicted octanol–water partition coefficient (Wildman–Crippen LogP) is 6.74. The van der Waals surface area contributed by atoms with E-state index in [1.165, 1.54) is 84.2 Å². The van der Waals surface area contributed by atoms with E-state index in [0.717, 1.165) is 24.3 Å². The normalized spacial score (nSPS) is 13.2. The van der Waals surface area contributed by atoms with Gasteiger partial charge in [-0.2, -0.15) is 12.0 Å². The second-order valence-electron chi connectivity index (χ2n) is 7.48. The molecule has 0 unspecified atom stereocenters. The van der Waals surface area contributed by atoms with Gasteiger partial charge in [0.2, 0.25) is 0 Å². The van der Waals surface area contributed by atoms with E-state index in [1.807, 2.05) is 6.26 Å². The lowest BCUT2D eigenvalue weighted by molar-refractivity contribution is 0.340. The van der Waals surface area contributed by atoms with E-state index >= 15 is 0 Å². The highest BCUT2D eigenvalue weighted by atomic mass is 32.3. The predicted molar refractivity (Wildman–Crippen MR) is 116 cm³/mol. The van der Waals surface area contributed by atoms with Crippen LogP contribution in [-0.2, 0) is 18.2 Å². The first kappa shape index (κ1) is 26.2. The quantitative estimate of drug-likeness (QED) is 0.220. The van der Waals surface area contributed by atoms with E-state index in [-0.39, 0.29) is 0 Å². The third kappa shape index (κ3) is 15.3. The van der Waals surface area contributed by atoms with Gasteiger partial charge in [-0.05, 0) is 19.1 Å². The SMILES string of the molecule is CCCCCCCCCS(C)(CCCCCCCCC)OS(=O)(=O)OC. The fraction of sp³-hybridized carbons (Fsp3) is 1.00. The lowest BCUT2D eigenvalue weighted by Gasteiger charge is -2.34. The van der Waals surface area contributed by atoms with Crippen molar-refractivity contribution in [1.29, 1.82) is 0 Å². The Bertz CT molecular complexity index is 392. The first-order valence-electron chi connectivity index (χ1n) is 10.6. The molecule has 0 aliphatic carbocycles. The highest BCUT2D eigenvalue weighted by molar-refractivity contribution is 8.32. The molecular weight excluding hydrogens is 368 g/mol. The van der Waals surface area contributed by atoms with Gasteiger partial charge in [-0.25, -0.2) is 0 Å². The van der Waals surface area contributed by atoms with Gasteiger partial charge in [-0.15, -0.1) is 10.3 Å². The Labute approximate surface area is 165 Å². The Kier molecular flexibility index (Phi) is 16.3. The molecule has 0 aliphatic heterocycles. The number of hydrogen-bond acceptors (Lipinski definition) is 4. The lowest BCUT2D eigenvalue weighted by Crippen LogP contribution is -2.18.